The van der Waals surface area contributed by atoms with E-state index in [0.717, 1.165) is 50.5 Å². The number of aliphatic hydroxyl groups is 1. The third-order valence-corrected chi connectivity index (χ3v) is 5.39. The number of anilines is 1. The molecule has 1 unspecified atom stereocenters. The lowest BCUT2D eigenvalue weighted by Gasteiger charge is -2.30. The van der Waals surface area contributed by atoms with Crippen LogP contribution in [0.2, 0.25) is 0 Å². The maximum absolute atomic E-state index is 12.7. The summed E-state index contributed by atoms with van der Waals surface area (Å²) in [6.45, 7) is 6.00. The van der Waals surface area contributed by atoms with Gasteiger partial charge in [0.2, 0.25) is 0 Å². The van der Waals surface area contributed by atoms with E-state index in [1.165, 1.54) is 6.92 Å². The molecule has 7 heteroatoms. The van der Waals surface area contributed by atoms with Crippen LogP contribution >= 0.6 is 0 Å². The van der Waals surface area contributed by atoms with Gasteiger partial charge >= 0.3 is 0 Å². The molecule has 7 nitrogen and oxygen atoms in total. The summed E-state index contributed by atoms with van der Waals surface area (Å²) in [5.74, 6) is -1.15. The zero-order valence-electron chi connectivity index (χ0n) is 16.9. The molecule has 0 aliphatic carbocycles. The summed E-state index contributed by atoms with van der Waals surface area (Å²) in [5.41, 5.74) is 2.05. The highest BCUT2D eigenvalue weighted by molar-refractivity contribution is 6.08. The summed E-state index contributed by atoms with van der Waals surface area (Å²) in [6, 6.07) is 7.22. The third kappa shape index (κ3) is 4.20. The van der Waals surface area contributed by atoms with E-state index in [0.29, 0.717) is 6.54 Å². The number of aliphatic hydroxyl groups excluding tert-OH is 1. The Morgan fingerprint density at radius 3 is 2.39 bits per heavy atom. The number of carbonyl (C=O) groups is 2. The second-order valence-electron chi connectivity index (χ2n) is 7.51. The van der Waals surface area contributed by atoms with E-state index >= 15 is 0 Å². The average molecular weight is 387 g/mol. The van der Waals surface area contributed by atoms with Crippen LogP contribution < -0.4 is 4.90 Å². The van der Waals surface area contributed by atoms with Crippen LogP contribution in [0.3, 0.4) is 0 Å². The van der Waals surface area contributed by atoms with Gasteiger partial charge in [0, 0.05) is 46.0 Å². The topological polar surface area (TPSA) is 73.3 Å². The number of ketones is 1. The lowest BCUT2D eigenvalue weighted by molar-refractivity contribution is -0.129. The van der Waals surface area contributed by atoms with Crippen molar-refractivity contribution in [2.75, 3.05) is 58.4 Å². The van der Waals surface area contributed by atoms with Gasteiger partial charge < -0.3 is 19.6 Å². The Hall–Kier alpha value is -2.38. The number of benzene rings is 1. The Balaban J connectivity index is 1.78. The van der Waals surface area contributed by atoms with Crippen LogP contribution in [0, 0.1) is 0 Å². The van der Waals surface area contributed by atoms with Gasteiger partial charge in [-0.15, -0.1) is 0 Å². The molecule has 152 valence electrons. The number of carbonyl (C=O) groups excluding carboxylic acids is 2. The van der Waals surface area contributed by atoms with Crippen LogP contribution in [0.25, 0.3) is 0 Å². The Kier molecular flexibility index (Phi) is 6.36. The van der Waals surface area contributed by atoms with Gasteiger partial charge in [-0.3, -0.25) is 14.5 Å². The standard InChI is InChI=1S/C21H29N3O4/c1-15(25)18-19(16-5-7-17(8-6-16)22(2)3)24(21(27)20(18)26)10-4-9-23-11-13-28-14-12-23/h5-8,19,26H,4,9-14H2,1-3H3. The van der Waals surface area contributed by atoms with E-state index < -0.39 is 17.7 Å². The van der Waals surface area contributed by atoms with Gasteiger partial charge in [-0.05, 0) is 31.0 Å². The first-order chi connectivity index (χ1) is 13.4. The van der Waals surface area contributed by atoms with Crippen molar-refractivity contribution in [3.63, 3.8) is 0 Å². The molecule has 0 bridgehead atoms. The minimum absolute atomic E-state index is 0.189. The lowest BCUT2D eigenvalue weighted by atomic mass is 9.96. The highest BCUT2D eigenvalue weighted by Crippen LogP contribution is 2.38. The normalized spacial score (nSPS) is 20.8. The first-order valence-corrected chi connectivity index (χ1v) is 9.72. The second-order valence-corrected chi connectivity index (χ2v) is 7.51. The van der Waals surface area contributed by atoms with Crippen molar-refractivity contribution in [3.8, 4) is 0 Å². The van der Waals surface area contributed by atoms with Gasteiger partial charge in [-0.2, -0.15) is 0 Å². The Bertz CT molecular complexity index is 751. The van der Waals surface area contributed by atoms with E-state index in [1.54, 1.807) is 4.90 Å². The van der Waals surface area contributed by atoms with Crippen LogP contribution in [0.15, 0.2) is 35.6 Å². The molecule has 2 aliphatic heterocycles. The number of nitrogens with zero attached hydrogens (tertiary/aromatic N) is 3. The van der Waals surface area contributed by atoms with Gasteiger partial charge in [0.15, 0.2) is 11.5 Å². The molecule has 1 saturated heterocycles. The zero-order chi connectivity index (χ0) is 20.3. The van der Waals surface area contributed by atoms with Crippen LogP contribution in [0.5, 0.6) is 0 Å². The monoisotopic (exact) mass is 387 g/mol. The highest BCUT2D eigenvalue weighted by Gasteiger charge is 2.42. The molecule has 2 aliphatic rings. The minimum atomic E-state index is -0.536. The summed E-state index contributed by atoms with van der Waals surface area (Å²) in [6.07, 6.45) is 0.774. The molecule has 0 spiro atoms. The maximum Gasteiger partial charge on any atom is 0.290 e. The van der Waals surface area contributed by atoms with Crippen LogP contribution in [-0.4, -0.2) is 80.1 Å². The van der Waals surface area contributed by atoms with Gasteiger partial charge in [0.1, 0.15) is 0 Å². The van der Waals surface area contributed by atoms with Crippen LogP contribution in [0.4, 0.5) is 5.69 Å². The SMILES string of the molecule is CC(=O)C1=C(O)C(=O)N(CCCN2CCOCC2)C1c1ccc(N(C)C)cc1. The summed E-state index contributed by atoms with van der Waals surface area (Å²) in [7, 11) is 3.91. The fraction of sp³-hybridized carbons (Fsp3) is 0.524. The fourth-order valence-electron chi connectivity index (χ4n) is 3.83. The van der Waals surface area contributed by atoms with E-state index in [2.05, 4.69) is 4.90 Å². The molecule has 1 atom stereocenters. The van der Waals surface area contributed by atoms with E-state index in [1.807, 2.05) is 43.3 Å². The number of rotatable bonds is 7. The van der Waals surface area contributed by atoms with E-state index in [4.69, 9.17) is 4.74 Å². The molecule has 1 aromatic carbocycles. The van der Waals surface area contributed by atoms with Crippen molar-refractivity contribution in [2.45, 2.75) is 19.4 Å². The van der Waals surface area contributed by atoms with Gasteiger partial charge in [0.05, 0.1) is 24.8 Å². The maximum atomic E-state index is 12.7. The molecule has 1 N–H and O–H groups in total. The molecule has 0 aromatic heterocycles. The molecule has 2 heterocycles. The zero-order valence-corrected chi connectivity index (χ0v) is 16.9. The Morgan fingerprint density at radius 2 is 1.82 bits per heavy atom. The molecule has 28 heavy (non-hydrogen) atoms. The van der Waals surface area contributed by atoms with Gasteiger partial charge in [-0.25, -0.2) is 0 Å². The molecular formula is C21H29N3O4. The van der Waals surface area contributed by atoms with Crippen molar-refractivity contribution in [1.82, 2.24) is 9.80 Å². The highest BCUT2D eigenvalue weighted by atomic mass is 16.5. The number of morpholine rings is 1. The van der Waals surface area contributed by atoms with Gasteiger partial charge in [0.25, 0.3) is 5.91 Å². The van der Waals surface area contributed by atoms with E-state index in [9.17, 15) is 14.7 Å². The second kappa shape index (κ2) is 8.75. The average Bonchev–Trinajstić information content (AvgIpc) is 2.94. The first kappa shape index (κ1) is 20.4. The van der Waals surface area contributed by atoms with Crippen molar-refractivity contribution < 1.29 is 19.4 Å². The van der Waals surface area contributed by atoms with Crippen molar-refractivity contribution >= 4 is 17.4 Å². The first-order valence-electron chi connectivity index (χ1n) is 9.72. The molecule has 3 rings (SSSR count). The van der Waals surface area contributed by atoms with E-state index in [-0.39, 0.29) is 11.4 Å². The number of ether oxygens (including phenoxy) is 1. The van der Waals surface area contributed by atoms with Crippen LogP contribution in [-0.2, 0) is 14.3 Å². The van der Waals surface area contributed by atoms with Crippen molar-refractivity contribution in [3.05, 3.63) is 41.2 Å². The molecule has 0 saturated carbocycles. The van der Waals surface area contributed by atoms with Crippen molar-refractivity contribution in [1.29, 1.82) is 0 Å². The summed E-state index contributed by atoms with van der Waals surface area (Å²) in [5, 5.41) is 10.4. The summed E-state index contributed by atoms with van der Waals surface area (Å²) < 4.78 is 5.37. The third-order valence-electron chi connectivity index (χ3n) is 5.39. The molecule has 0 radical (unpaired) electrons. The van der Waals surface area contributed by atoms with Gasteiger partial charge in [-0.1, -0.05) is 12.1 Å². The smallest absolute Gasteiger partial charge is 0.290 e. The molecule has 1 aromatic rings. The summed E-state index contributed by atoms with van der Waals surface area (Å²) >= 11 is 0. The number of hydrogen-bond donors (Lipinski definition) is 1. The molecule has 1 amide bonds. The molecule has 1 fully saturated rings. The fourth-order valence-corrected chi connectivity index (χ4v) is 3.83. The van der Waals surface area contributed by atoms with Crippen LogP contribution in [0.1, 0.15) is 24.9 Å². The largest absolute Gasteiger partial charge is 0.503 e. The minimum Gasteiger partial charge on any atom is -0.503 e. The number of amides is 1. The number of Topliss-reactive ketones (excluding diaryl/α,β-unsaturated/α-hetero) is 1. The lowest BCUT2D eigenvalue weighted by Crippen LogP contribution is -2.39. The summed E-state index contributed by atoms with van der Waals surface area (Å²) in [4.78, 5) is 30.8. The van der Waals surface area contributed by atoms with Crippen molar-refractivity contribution in [2.24, 2.45) is 0 Å². The Morgan fingerprint density at radius 1 is 1.18 bits per heavy atom. The Labute approximate surface area is 166 Å². The number of hydrogen-bond acceptors (Lipinski definition) is 6. The molecular weight excluding hydrogens is 358 g/mol. The quantitative estimate of drug-likeness (QED) is 0.769. The predicted octanol–water partition coefficient (Wildman–Crippen LogP) is 1.76. The predicted molar refractivity (Wildman–Crippen MR) is 107 cm³/mol.